The highest BCUT2D eigenvalue weighted by molar-refractivity contribution is 5.99. The molecule has 1 amide bonds. The minimum atomic E-state index is 0.0497. The Bertz CT molecular complexity index is 387. The third-order valence-electron chi connectivity index (χ3n) is 2.90. The summed E-state index contributed by atoms with van der Waals surface area (Å²) in [6.07, 6.45) is 0. The van der Waals surface area contributed by atoms with Crippen LogP contribution in [0.1, 0.15) is 35.8 Å². The second-order valence-electron chi connectivity index (χ2n) is 4.14. The highest BCUT2D eigenvalue weighted by atomic mass is 16.2. The third kappa shape index (κ3) is 1.43. The molecule has 1 atom stereocenters. The number of carbonyl (C=O) groups excluding carboxylic acids is 1. The molecule has 1 unspecified atom stereocenters. The summed E-state index contributed by atoms with van der Waals surface area (Å²) >= 11 is 0. The Kier molecular flexibility index (Phi) is 2.49. The van der Waals surface area contributed by atoms with Crippen LogP contribution >= 0.6 is 0 Å². The topological polar surface area (TPSA) is 46.3 Å². The van der Waals surface area contributed by atoms with Crippen molar-refractivity contribution in [2.75, 3.05) is 6.54 Å². The summed E-state index contributed by atoms with van der Waals surface area (Å²) in [5.41, 5.74) is 7.62. The molecule has 1 aliphatic rings. The minimum absolute atomic E-state index is 0.0497. The van der Waals surface area contributed by atoms with E-state index >= 15 is 0 Å². The van der Waals surface area contributed by atoms with E-state index in [1.165, 1.54) is 0 Å². The molecule has 0 saturated heterocycles. The second kappa shape index (κ2) is 3.66. The maximum atomic E-state index is 12.1. The van der Waals surface area contributed by atoms with Gasteiger partial charge in [-0.3, -0.25) is 4.79 Å². The zero-order chi connectivity index (χ0) is 11.0. The van der Waals surface area contributed by atoms with Crippen molar-refractivity contribution in [1.82, 2.24) is 4.90 Å². The van der Waals surface area contributed by atoms with Crippen molar-refractivity contribution in [1.29, 1.82) is 0 Å². The van der Waals surface area contributed by atoms with E-state index in [4.69, 9.17) is 5.73 Å². The number of hydrogen-bond donors (Lipinski definition) is 1. The van der Waals surface area contributed by atoms with Crippen molar-refractivity contribution in [2.24, 2.45) is 5.73 Å². The first-order valence-electron chi connectivity index (χ1n) is 5.28. The molecule has 1 aromatic carbocycles. The maximum absolute atomic E-state index is 12.1. The summed E-state index contributed by atoms with van der Waals surface area (Å²) in [4.78, 5) is 13.9. The maximum Gasteiger partial charge on any atom is 0.255 e. The lowest BCUT2D eigenvalue weighted by atomic mass is 10.0. The molecule has 80 valence electrons. The Morgan fingerprint density at radius 2 is 2.07 bits per heavy atom. The molecule has 1 heterocycles. The molecule has 3 nitrogen and oxygen atoms in total. The molecule has 0 aromatic heterocycles. The van der Waals surface area contributed by atoms with Gasteiger partial charge in [-0.1, -0.05) is 18.2 Å². The normalized spacial score (nSPS) is 19.9. The fourth-order valence-electron chi connectivity index (χ4n) is 2.25. The van der Waals surface area contributed by atoms with Gasteiger partial charge in [-0.15, -0.1) is 0 Å². The van der Waals surface area contributed by atoms with Crippen molar-refractivity contribution < 1.29 is 4.79 Å². The van der Waals surface area contributed by atoms with E-state index in [0.29, 0.717) is 6.54 Å². The zero-order valence-electron chi connectivity index (χ0n) is 9.10. The Morgan fingerprint density at radius 1 is 1.40 bits per heavy atom. The van der Waals surface area contributed by atoms with Gasteiger partial charge in [0.05, 0.1) is 6.04 Å². The molecule has 1 aromatic rings. The van der Waals surface area contributed by atoms with Gasteiger partial charge in [-0.25, -0.2) is 0 Å². The van der Waals surface area contributed by atoms with Crippen molar-refractivity contribution in [2.45, 2.75) is 25.9 Å². The number of hydrogen-bond acceptors (Lipinski definition) is 2. The average Bonchev–Trinajstić information content (AvgIpc) is 2.52. The summed E-state index contributed by atoms with van der Waals surface area (Å²) < 4.78 is 0. The molecule has 2 rings (SSSR count). The molecular formula is C12H16N2O. The molecule has 0 spiro atoms. The van der Waals surface area contributed by atoms with Gasteiger partial charge in [0, 0.05) is 18.2 Å². The average molecular weight is 204 g/mol. The molecule has 15 heavy (non-hydrogen) atoms. The van der Waals surface area contributed by atoms with E-state index < -0.39 is 0 Å². The Morgan fingerprint density at radius 3 is 2.67 bits per heavy atom. The largest absolute Gasteiger partial charge is 0.328 e. The lowest BCUT2D eigenvalue weighted by molar-refractivity contribution is 0.0669. The number of nitrogens with two attached hydrogens (primary N) is 1. The van der Waals surface area contributed by atoms with E-state index in [2.05, 4.69) is 0 Å². The van der Waals surface area contributed by atoms with E-state index in [1.807, 2.05) is 43.0 Å². The van der Waals surface area contributed by atoms with Gasteiger partial charge in [0.25, 0.3) is 5.91 Å². The van der Waals surface area contributed by atoms with Crippen LogP contribution in [0.25, 0.3) is 0 Å². The van der Waals surface area contributed by atoms with Crippen molar-refractivity contribution >= 4 is 5.91 Å². The van der Waals surface area contributed by atoms with E-state index in [1.54, 1.807) is 0 Å². The van der Waals surface area contributed by atoms with Gasteiger partial charge >= 0.3 is 0 Å². The first-order chi connectivity index (χ1) is 7.16. The predicted molar refractivity (Wildman–Crippen MR) is 59.5 cm³/mol. The Balaban J connectivity index is 2.48. The van der Waals surface area contributed by atoms with Crippen LogP contribution in [0.3, 0.4) is 0 Å². The fraction of sp³-hybridized carbons (Fsp3) is 0.417. The molecule has 0 aliphatic carbocycles. The van der Waals surface area contributed by atoms with Crippen LogP contribution in [0.5, 0.6) is 0 Å². The quantitative estimate of drug-likeness (QED) is 0.794. The van der Waals surface area contributed by atoms with Crippen molar-refractivity contribution in [3.05, 3.63) is 35.4 Å². The van der Waals surface area contributed by atoms with Crippen molar-refractivity contribution in [3.8, 4) is 0 Å². The minimum Gasteiger partial charge on any atom is -0.328 e. The summed E-state index contributed by atoms with van der Waals surface area (Å²) in [5, 5.41) is 0. The Hall–Kier alpha value is -1.35. The number of rotatable bonds is 2. The van der Waals surface area contributed by atoms with Gasteiger partial charge < -0.3 is 10.6 Å². The van der Waals surface area contributed by atoms with Gasteiger partial charge in [-0.05, 0) is 25.5 Å². The first-order valence-corrected chi connectivity index (χ1v) is 5.28. The van der Waals surface area contributed by atoms with Crippen LogP contribution in [0.4, 0.5) is 0 Å². The van der Waals surface area contributed by atoms with E-state index in [9.17, 15) is 4.79 Å². The highest BCUT2D eigenvalue weighted by Crippen LogP contribution is 2.33. The first kappa shape index (κ1) is 10.2. The van der Waals surface area contributed by atoms with Gasteiger partial charge in [-0.2, -0.15) is 0 Å². The molecule has 0 fully saturated rings. The number of fused-ring (bicyclic) bond motifs is 1. The predicted octanol–water partition coefficient (Wildman–Crippen LogP) is 1.55. The van der Waals surface area contributed by atoms with Gasteiger partial charge in [0.15, 0.2) is 0 Å². The molecule has 1 aliphatic heterocycles. The van der Waals surface area contributed by atoms with Gasteiger partial charge in [0.2, 0.25) is 0 Å². The number of carbonyl (C=O) groups is 1. The summed E-state index contributed by atoms with van der Waals surface area (Å²) in [7, 11) is 0. The lowest BCUT2D eigenvalue weighted by Crippen LogP contribution is -2.37. The van der Waals surface area contributed by atoms with E-state index in [-0.39, 0.29) is 18.0 Å². The summed E-state index contributed by atoms with van der Waals surface area (Å²) in [5.74, 6) is 0.107. The molecule has 3 heteroatoms. The number of benzene rings is 1. The van der Waals surface area contributed by atoms with Crippen LogP contribution in [-0.4, -0.2) is 23.4 Å². The SMILES string of the molecule is CC(C)N1C(=O)c2ccccc2C1CN. The lowest BCUT2D eigenvalue weighted by Gasteiger charge is -2.28. The number of amides is 1. The molecule has 0 radical (unpaired) electrons. The molecule has 0 bridgehead atoms. The molecular weight excluding hydrogens is 188 g/mol. The standard InChI is InChI=1S/C12H16N2O/c1-8(2)14-11(7-13)9-5-3-4-6-10(9)12(14)15/h3-6,8,11H,7,13H2,1-2H3. The van der Waals surface area contributed by atoms with Gasteiger partial charge in [0.1, 0.15) is 0 Å². The van der Waals surface area contributed by atoms with E-state index in [0.717, 1.165) is 11.1 Å². The molecule has 0 saturated carbocycles. The summed E-state index contributed by atoms with van der Waals surface area (Å²) in [6, 6.07) is 7.97. The van der Waals surface area contributed by atoms with Crippen LogP contribution in [0, 0.1) is 0 Å². The molecule has 2 N–H and O–H groups in total. The van der Waals surface area contributed by atoms with Crippen LogP contribution in [0.15, 0.2) is 24.3 Å². The van der Waals surface area contributed by atoms with Crippen molar-refractivity contribution in [3.63, 3.8) is 0 Å². The zero-order valence-corrected chi connectivity index (χ0v) is 9.10. The second-order valence-corrected chi connectivity index (χ2v) is 4.14. The Labute approximate surface area is 89.9 Å². The van der Waals surface area contributed by atoms with Crippen LogP contribution in [-0.2, 0) is 0 Å². The van der Waals surface area contributed by atoms with Crippen LogP contribution in [0.2, 0.25) is 0 Å². The monoisotopic (exact) mass is 204 g/mol. The van der Waals surface area contributed by atoms with Crippen LogP contribution < -0.4 is 5.73 Å². The smallest absolute Gasteiger partial charge is 0.255 e. The number of nitrogens with zero attached hydrogens (tertiary/aromatic N) is 1. The highest BCUT2D eigenvalue weighted by Gasteiger charge is 2.36. The third-order valence-corrected chi connectivity index (χ3v) is 2.90. The summed E-state index contributed by atoms with van der Waals surface area (Å²) in [6.45, 7) is 4.53. The fourth-order valence-corrected chi connectivity index (χ4v) is 2.25.